The van der Waals surface area contributed by atoms with Crippen molar-refractivity contribution in [3.05, 3.63) is 53.0 Å². The second-order valence-corrected chi connectivity index (χ2v) is 7.76. The van der Waals surface area contributed by atoms with Gasteiger partial charge in [-0.05, 0) is 90.4 Å². The van der Waals surface area contributed by atoms with E-state index < -0.39 is 0 Å². The van der Waals surface area contributed by atoms with Crippen molar-refractivity contribution in [3.8, 4) is 0 Å². The van der Waals surface area contributed by atoms with Gasteiger partial charge in [0.1, 0.15) is 10.3 Å². The molecular formula is C20H25BrN4. The van der Waals surface area contributed by atoms with Gasteiger partial charge in [-0.1, -0.05) is 12.5 Å². The fraction of sp³-hybridized carbons (Fsp3) is 0.450. The first kappa shape index (κ1) is 16.9. The van der Waals surface area contributed by atoms with Gasteiger partial charge in [0.15, 0.2) is 0 Å². The Bertz CT molecular complexity index is 786. The Morgan fingerprint density at radius 1 is 1.12 bits per heavy atom. The number of piperidine rings is 1. The molecule has 0 aliphatic carbocycles. The Balaban J connectivity index is 1.31. The van der Waals surface area contributed by atoms with E-state index in [0.29, 0.717) is 0 Å². The van der Waals surface area contributed by atoms with Crippen molar-refractivity contribution in [2.75, 3.05) is 32.7 Å². The van der Waals surface area contributed by atoms with Crippen LogP contribution in [0.2, 0.25) is 0 Å². The standard InChI is InChI=1S/C20H25BrN4/c21-19-16-22-20-15-18(7-14-25(19)20)17-5-12-24(13-6-17)11-4-10-23-8-2-1-3-9-23/h5-7,12,14-16H,1-4,8-11,13H2. The number of pyridine rings is 1. The maximum absolute atomic E-state index is 4.42. The lowest BCUT2D eigenvalue weighted by Gasteiger charge is -2.28. The predicted octanol–water partition coefficient (Wildman–Crippen LogP) is 4.19. The molecule has 2 aromatic heterocycles. The monoisotopic (exact) mass is 400 g/mol. The molecule has 0 bridgehead atoms. The van der Waals surface area contributed by atoms with Crippen LogP contribution in [0.15, 0.2) is 47.5 Å². The summed E-state index contributed by atoms with van der Waals surface area (Å²) >= 11 is 3.51. The molecule has 0 unspecified atom stereocenters. The van der Waals surface area contributed by atoms with E-state index >= 15 is 0 Å². The summed E-state index contributed by atoms with van der Waals surface area (Å²) in [5, 5.41) is 0. The highest BCUT2D eigenvalue weighted by Gasteiger charge is 2.11. The maximum Gasteiger partial charge on any atom is 0.138 e. The first-order chi connectivity index (χ1) is 12.3. The van der Waals surface area contributed by atoms with Crippen molar-refractivity contribution in [2.45, 2.75) is 25.7 Å². The van der Waals surface area contributed by atoms with Crippen LogP contribution in [-0.2, 0) is 0 Å². The van der Waals surface area contributed by atoms with Gasteiger partial charge >= 0.3 is 0 Å². The number of fused-ring (bicyclic) bond motifs is 1. The molecule has 2 aliphatic heterocycles. The van der Waals surface area contributed by atoms with E-state index in [-0.39, 0.29) is 0 Å². The van der Waals surface area contributed by atoms with Crippen LogP contribution in [0, 0.1) is 0 Å². The first-order valence-electron chi connectivity index (χ1n) is 9.27. The van der Waals surface area contributed by atoms with Gasteiger partial charge in [0, 0.05) is 19.3 Å². The molecule has 0 radical (unpaired) electrons. The SMILES string of the molecule is Brc1cnc2cc(C3=CCN(CCCN4CCCCC4)C=C3)ccn12. The molecule has 132 valence electrons. The zero-order valence-electron chi connectivity index (χ0n) is 14.6. The number of halogens is 1. The van der Waals surface area contributed by atoms with Crippen molar-refractivity contribution < 1.29 is 0 Å². The van der Waals surface area contributed by atoms with Crippen LogP contribution in [0.3, 0.4) is 0 Å². The van der Waals surface area contributed by atoms with Gasteiger partial charge in [0.05, 0.1) is 6.20 Å². The van der Waals surface area contributed by atoms with Crippen LogP contribution in [0.25, 0.3) is 11.2 Å². The lowest BCUT2D eigenvalue weighted by molar-refractivity contribution is 0.218. The van der Waals surface area contributed by atoms with Crippen LogP contribution < -0.4 is 0 Å². The average Bonchev–Trinajstić information content (AvgIpc) is 3.04. The minimum Gasteiger partial charge on any atom is -0.374 e. The lowest BCUT2D eigenvalue weighted by atomic mass is 10.0. The topological polar surface area (TPSA) is 23.8 Å². The highest BCUT2D eigenvalue weighted by molar-refractivity contribution is 9.10. The van der Waals surface area contributed by atoms with Crippen LogP contribution in [0.1, 0.15) is 31.2 Å². The van der Waals surface area contributed by atoms with Crippen molar-refractivity contribution in [1.29, 1.82) is 0 Å². The molecular weight excluding hydrogens is 376 g/mol. The highest BCUT2D eigenvalue weighted by Crippen LogP contribution is 2.22. The molecule has 0 saturated carbocycles. The van der Waals surface area contributed by atoms with E-state index in [9.17, 15) is 0 Å². The van der Waals surface area contributed by atoms with Gasteiger partial charge < -0.3 is 9.80 Å². The average molecular weight is 401 g/mol. The molecule has 0 amide bonds. The molecule has 0 spiro atoms. The highest BCUT2D eigenvalue weighted by atomic mass is 79.9. The van der Waals surface area contributed by atoms with Crippen molar-refractivity contribution in [1.82, 2.24) is 19.2 Å². The summed E-state index contributed by atoms with van der Waals surface area (Å²) in [4.78, 5) is 9.46. The second kappa shape index (κ2) is 7.75. The largest absolute Gasteiger partial charge is 0.374 e. The van der Waals surface area contributed by atoms with E-state index in [1.165, 1.54) is 56.5 Å². The molecule has 4 heterocycles. The number of hydrogen-bond acceptors (Lipinski definition) is 3. The Hall–Kier alpha value is -1.59. The molecule has 4 nitrogen and oxygen atoms in total. The summed E-state index contributed by atoms with van der Waals surface area (Å²) in [6.45, 7) is 5.98. The van der Waals surface area contributed by atoms with E-state index in [1.54, 1.807) is 0 Å². The third kappa shape index (κ3) is 3.98. The second-order valence-electron chi connectivity index (χ2n) is 6.95. The summed E-state index contributed by atoms with van der Waals surface area (Å²) in [7, 11) is 0. The number of imidazole rings is 1. The molecule has 1 fully saturated rings. The van der Waals surface area contributed by atoms with Crippen LogP contribution in [0.4, 0.5) is 0 Å². The van der Waals surface area contributed by atoms with Gasteiger partial charge in [0.2, 0.25) is 0 Å². The molecule has 0 atom stereocenters. The molecule has 4 rings (SSSR count). The summed E-state index contributed by atoms with van der Waals surface area (Å²) in [5.74, 6) is 0. The molecule has 5 heteroatoms. The predicted molar refractivity (Wildman–Crippen MR) is 106 cm³/mol. The number of rotatable bonds is 5. The minimum atomic E-state index is 0.975. The number of nitrogens with zero attached hydrogens (tertiary/aromatic N) is 4. The van der Waals surface area contributed by atoms with E-state index in [0.717, 1.165) is 23.3 Å². The Morgan fingerprint density at radius 3 is 2.80 bits per heavy atom. The van der Waals surface area contributed by atoms with Gasteiger partial charge in [-0.15, -0.1) is 0 Å². The third-order valence-corrected chi connectivity index (χ3v) is 5.77. The van der Waals surface area contributed by atoms with E-state index in [4.69, 9.17) is 0 Å². The Kier molecular flexibility index (Phi) is 5.22. The number of allylic oxidation sites excluding steroid dienone is 2. The van der Waals surface area contributed by atoms with Gasteiger partial charge in [-0.3, -0.25) is 4.40 Å². The molecule has 0 N–H and O–H groups in total. The quantitative estimate of drug-likeness (QED) is 0.751. The summed E-state index contributed by atoms with van der Waals surface area (Å²) in [6, 6.07) is 4.30. The maximum atomic E-state index is 4.42. The van der Waals surface area contributed by atoms with E-state index in [2.05, 4.69) is 67.4 Å². The minimum absolute atomic E-state index is 0.975. The van der Waals surface area contributed by atoms with Crippen LogP contribution >= 0.6 is 15.9 Å². The summed E-state index contributed by atoms with van der Waals surface area (Å²) in [6.07, 6.45) is 16.1. The lowest BCUT2D eigenvalue weighted by Crippen LogP contribution is -2.32. The smallest absolute Gasteiger partial charge is 0.138 e. The van der Waals surface area contributed by atoms with Crippen LogP contribution in [-0.4, -0.2) is 51.9 Å². The zero-order chi connectivity index (χ0) is 17.1. The molecule has 25 heavy (non-hydrogen) atoms. The normalized spacial score (nSPS) is 18.8. The molecule has 1 saturated heterocycles. The van der Waals surface area contributed by atoms with Gasteiger partial charge in [-0.2, -0.15) is 0 Å². The Labute approximate surface area is 158 Å². The summed E-state index contributed by atoms with van der Waals surface area (Å²) < 4.78 is 3.03. The van der Waals surface area contributed by atoms with Crippen molar-refractivity contribution in [2.24, 2.45) is 0 Å². The number of aromatic nitrogens is 2. The van der Waals surface area contributed by atoms with Crippen molar-refractivity contribution >= 4 is 27.2 Å². The summed E-state index contributed by atoms with van der Waals surface area (Å²) in [5.41, 5.74) is 3.49. The zero-order valence-corrected chi connectivity index (χ0v) is 16.2. The van der Waals surface area contributed by atoms with Gasteiger partial charge in [0.25, 0.3) is 0 Å². The number of hydrogen-bond donors (Lipinski definition) is 0. The molecule has 2 aromatic rings. The fourth-order valence-electron chi connectivity index (χ4n) is 3.72. The molecule has 2 aliphatic rings. The fourth-order valence-corrected chi connectivity index (χ4v) is 4.12. The Morgan fingerprint density at radius 2 is 2.00 bits per heavy atom. The van der Waals surface area contributed by atoms with Crippen molar-refractivity contribution in [3.63, 3.8) is 0 Å². The van der Waals surface area contributed by atoms with Crippen LogP contribution in [0.5, 0.6) is 0 Å². The number of likely N-dealkylation sites (tertiary alicyclic amines) is 1. The third-order valence-electron chi connectivity index (χ3n) is 5.18. The van der Waals surface area contributed by atoms with Gasteiger partial charge in [-0.25, -0.2) is 4.98 Å². The first-order valence-corrected chi connectivity index (χ1v) is 10.1. The van der Waals surface area contributed by atoms with E-state index in [1.807, 2.05) is 10.6 Å². The molecule has 0 aromatic carbocycles.